The molecule has 1 aromatic rings. The Hall–Kier alpha value is -0.390. The van der Waals surface area contributed by atoms with E-state index >= 15 is 0 Å². The van der Waals surface area contributed by atoms with Gasteiger partial charge in [-0.05, 0) is 37.5 Å². The maximum atomic E-state index is 11.9. The molecule has 0 spiro atoms. The summed E-state index contributed by atoms with van der Waals surface area (Å²) in [6.45, 7) is 1.80. The summed E-state index contributed by atoms with van der Waals surface area (Å²) in [6.07, 6.45) is 1.90. The molecule has 0 aromatic heterocycles. The van der Waals surface area contributed by atoms with Gasteiger partial charge in [0.05, 0.1) is 4.90 Å². The molecule has 0 atom stereocenters. The average molecular weight is 290 g/mol. The van der Waals surface area contributed by atoms with Crippen LogP contribution in [0.2, 0.25) is 0 Å². The van der Waals surface area contributed by atoms with Gasteiger partial charge in [-0.3, -0.25) is 0 Å². The van der Waals surface area contributed by atoms with Crippen LogP contribution in [0.15, 0.2) is 27.6 Å². The average Bonchev–Trinajstić information content (AvgIpc) is 2.92. The Balaban J connectivity index is 2.38. The molecule has 5 heteroatoms. The Morgan fingerprint density at radius 3 is 2.67 bits per heavy atom. The molecule has 0 unspecified atom stereocenters. The van der Waals surface area contributed by atoms with Crippen molar-refractivity contribution in [2.24, 2.45) is 0 Å². The molecule has 1 saturated carbocycles. The second-order valence-corrected chi connectivity index (χ2v) is 6.40. The van der Waals surface area contributed by atoms with Crippen molar-refractivity contribution in [2.45, 2.75) is 30.7 Å². The molecule has 1 aliphatic rings. The predicted molar refractivity (Wildman–Crippen MR) is 62.2 cm³/mol. The highest BCUT2D eigenvalue weighted by Gasteiger charge is 2.28. The van der Waals surface area contributed by atoms with Crippen molar-refractivity contribution in [1.29, 1.82) is 0 Å². The van der Waals surface area contributed by atoms with Crippen molar-refractivity contribution in [3.8, 4) is 0 Å². The largest absolute Gasteiger partial charge is 0.241 e. The second kappa shape index (κ2) is 3.88. The smallest absolute Gasteiger partial charge is 0.208 e. The normalized spacial score (nSPS) is 16.7. The van der Waals surface area contributed by atoms with Crippen LogP contribution < -0.4 is 4.72 Å². The second-order valence-electron chi connectivity index (χ2n) is 3.81. The fraction of sp³-hybridized carbons (Fsp3) is 0.400. The van der Waals surface area contributed by atoms with Crippen molar-refractivity contribution >= 4 is 26.0 Å². The molecule has 0 radical (unpaired) electrons. The molecular weight excluding hydrogens is 278 g/mol. The first kappa shape index (κ1) is 11.1. The molecule has 0 heterocycles. The first-order valence-electron chi connectivity index (χ1n) is 4.77. The lowest BCUT2D eigenvalue weighted by Crippen LogP contribution is -2.26. The summed E-state index contributed by atoms with van der Waals surface area (Å²) >= 11 is 3.28. The van der Waals surface area contributed by atoms with Crippen molar-refractivity contribution in [3.63, 3.8) is 0 Å². The minimum Gasteiger partial charge on any atom is -0.208 e. The van der Waals surface area contributed by atoms with Crippen molar-refractivity contribution in [1.82, 2.24) is 4.72 Å². The standard InChI is InChI=1S/C10H12BrNO2S/c1-7-2-3-8(11)6-10(7)15(13,14)12-9-4-5-9/h2-3,6,9,12H,4-5H2,1H3. The molecule has 82 valence electrons. The lowest BCUT2D eigenvalue weighted by atomic mass is 10.2. The molecule has 0 saturated heterocycles. The Morgan fingerprint density at radius 2 is 2.07 bits per heavy atom. The van der Waals surface area contributed by atoms with Gasteiger partial charge in [0, 0.05) is 10.5 Å². The Kier molecular flexibility index (Phi) is 2.87. The van der Waals surface area contributed by atoms with Crippen molar-refractivity contribution in [2.75, 3.05) is 0 Å². The maximum absolute atomic E-state index is 11.9. The van der Waals surface area contributed by atoms with E-state index in [0.29, 0.717) is 4.90 Å². The van der Waals surface area contributed by atoms with Crippen LogP contribution >= 0.6 is 15.9 Å². The Morgan fingerprint density at radius 1 is 1.40 bits per heavy atom. The summed E-state index contributed by atoms with van der Waals surface area (Å²) in [5.41, 5.74) is 0.770. The maximum Gasteiger partial charge on any atom is 0.241 e. The quantitative estimate of drug-likeness (QED) is 0.927. The molecule has 0 aliphatic heterocycles. The highest BCUT2D eigenvalue weighted by Crippen LogP contribution is 2.25. The molecule has 1 N–H and O–H groups in total. The number of halogens is 1. The Bertz CT molecular complexity index is 480. The van der Waals surface area contributed by atoms with Crippen LogP contribution in [0.25, 0.3) is 0 Å². The van der Waals surface area contributed by atoms with E-state index in [2.05, 4.69) is 20.7 Å². The van der Waals surface area contributed by atoms with Crippen LogP contribution in [0.1, 0.15) is 18.4 Å². The third-order valence-electron chi connectivity index (χ3n) is 2.34. The van der Waals surface area contributed by atoms with Gasteiger partial charge in [-0.25, -0.2) is 13.1 Å². The summed E-state index contributed by atoms with van der Waals surface area (Å²) in [5, 5.41) is 0. The molecule has 0 amide bonds. The lowest BCUT2D eigenvalue weighted by molar-refractivity contribution is 0.580. The molecule has 3 nitrogen and oxygen atoms in total. The molecule has 15 heavy (non-hydrogen) atoms. The summed E-state index contributed by atoms with van der Waals surface area (Å²) in [5.74, 6) is 0. The highest BCUT2D eigenvalue weighted by atomic mass is 79.9. The summed E-state index contributed by atoms with van der Waals surface area (Å²) in [6, 6.07) is 5.42. The fourth-order valence-electron chi connectivity index (χ4n) is 1.35. The number of hydrogen-bond donors (Lipinski definition) is 1. The number of sulfonamides is 1. The van der Waals surface area contributed by atoms with Crippen LogP contribution in [0.3, 0.4) is 0 Å². The SMILES string of the molecule is Cc1ccc(Br)cc1S(=O)(=O)NC1CC1. The number of rotatable bonds is 3. The number of hydrogen-bond acceptors (Lipinski definition) is 2. The van der Waals surface area contributed by atoms with Crippen molar-refractivity contribution in [3.05, 3.63) is 28.2 Å². The van der Waals surface area contributed by atoms with Gasteiger partial charge in [-0.15, -0.1) is 0 Å². The third-order valence-corrected chi connectivity index (χ3v) is 4.49. The minimum atomic E-state index is -3.33. The van der Waals surface area contributed by atoms with Crippen molar-refractivity contribution < 1.29 is 8.42 Å². The Labute approximate surface area is 98.1 Å². The molecule has 0 bridgehead atoms. The predicted octanol–water partition coefficient (Wildman–Crippen LogP) is 2.20. The summed E-state index contributed by atoms with van der Waals surface area (Å²) in [4.78, 5) is 0.365. The van der Waals surface area contributed by atoms with Gasteiger partial charge in [0.25, 0.3) is 0 Å². The monoisotopic (exact) mass is 289 g/mol. The van der Waals surface area contributed by atoms with Crippen LogP contribution in [0.4, 0.5) is 0 Å². The number of nitrogens with one attached hydrogen (secondary N) is 1. The van der Waals surface area contributed by atoms with Gasteiger partial charge in [-0.1, -0.05) is 22.0 Å². The summed E-state index contributed by atoms with van der Waals surface area (Å²) in [7, 11) is -3.33. The molecule has 2 rings (SSSR count). The van der Waals surface area contributed by atoms with Crippen LogP contribution in [0, 0.1) is 6.92 Å². The van der Waals surface area contributed by atoms with Gasteiger partial charge < -0.3 is 0 Å². The third kappa shape index (κ3) is 2.59. The number of benzene rings is 1. The van der Waals surface area contributed by atoms with Gasteiger partial charge in [-0.2, -0.15) is 0 Å². The zero-order valence-corrected chi connectivity index (χ0v) is 10.7. The highest BCUT2D eigenvalue weighted by molar-refractivity contribution is 9.10. The van der Waals surface area contributed by atoms with E-state index < -0.39 is 10.0 Å². The minimum absolute atomic E-state index is 0.147. The molecule has 1 aromatic carbocycles. The van der Waals surface area contributed by atoms with E-state index in [4.69, 9.17) is 0 Å². The van der Waals surface area contributed by atoms with E-state index in [1.807, 2.05) is 6.07 Å². The van der Waals surface area contributed by atoms with Crippen LogP contribution in [-0.4, -0.2) is 14.5 Å². The lowest BCUT2D eigenvalue weighted by Gasteiger charge is -2.08. The van der Waals surface area contributed by atoms with E-state index in [1.54, 1.807) is 19.1 Å². The van der Waals surface area contributed by atoms with E-state index in [1.165, 1.54) is 0 Å². The first-order chi connectivity index (χ1) is 6.99. The van der Waals surface area contributed by atoms with Crippen LogP contribution in [-0.2, 0) is 10.0 Å². The van der Waals surface area contributed by atoms with Gasteiger partial charge in [0.15, 0.2) is 0 Å². The zero-order valence-electron chi connectivity index (χ0n) is 8.33. The topological polar surface area (TPSA) is 46.2 Å². The van der Waals surface area contributed by atoms with E-state index in [9.17, 15) is 8.42 Å². The van der Waals surface area contributed by atoms with Gasteiger partial charge >= 0.3 is 0 Å². The first-order valence-corrected chi connectivity index (χ1v) is 7.05. The van der Waals surface area contributed by atoms with E-state index in [0.717, 1.165) is 22.9 Å². The zero-order chi connectivity index (χ0) is 11.1. The molecule has 1 aliphatic carbocycles. The number of aryl methyl sites for hydroxylation is 1. The summed E-state index contributed by atoms with van der Waals surface area (Å²) < 4.78 is 27.3. The van der Waals surface area contributed by atoms with Gasteiger partial charge in [0.1, 0.15) is 0 Å². The van der Waals surface area contributed by atoms with Crippen LogP contribution in [0.5, 0.6) is 0 Å². The van der Waals surface area contributed by atoms with Gasteiger partial charge in [0.2, 0.25) is 10.0 Å². The molecular formula is C10H12BrNO2S. The van der Waals surface area contributed by atoms with E-state index in [-0.39, 0.29) is 6.04 Å². The molecule has 1 fully saturated rings. The fourth-order valence-corrected chi connectivity index (χ4v) is 3.44.